The smallest absolute Gasteiger partial charge is 0.323 e. The number of aryl methyl sites for hydroxylation is 1. The summed E-state index contributed by atoms with van der Waals surface area (Å²) in [7, 11) is 1.38. The molecule has 1 aliphatic rings. The van der Waals surface area contributed by atoms with Gasteiger partial charge in [-0.1, -0.05) is 6.42 Å². The van der Waals surface area contributed by atoms with E-state index >= 15 is 0 Å². The number of methoxy groups -OCH3 is 1. The van der Waals surface area contributed by atoms with Gasteiger partial charge in [-0.05, 0) is 26.3 Å². The summed E-state index contributed by atoms with van der Waals surface area (Å²) >= 11 is 1.40. The van der Waals surface area contributed by atoms with Gasteiger partial charge in [0.15, 0.2) is 5.13 Å². The third-order valence-electron chi connectivity index (χ3n) is 3.30. The number of thiazole rings is 1. The molecule has 0 radical (unpaired) electrons. The second-order valence-electron chi connectivity index (χ2n) is 4.85. The Morgan fingerprint density at radius 3 is 3.00 bits per heavy atom. The van der Waals surface area contributed by atoms with Gasteiger partial charge in [-0.25, -0.2) is 4.98 Å². The Morgan fingerprint density at radius 1 is 1.55 bits per heavy atom. The van der Waals surface area contributed by atoms with E-state index in [0.717, 1.165) is 31.5 Å². The molecule has 2 rings (SSSR count). The highest BCUT2D eigenvalue weighted by molar-refractivity contribution is 7.13. The molecule has 1 aromatic rings. The normalized spacial score (nSPS) is 19.6. The van der Waals surface area contributed by atoms with Crippen LogP contribution in [0.15, 0.2) is 5.38 Å². The first kappa shape index (κ1) is 14.9. The third-order valence-corrected chi connectivity index (χ3v) is 4.17. The fraction of sp³-hybridized carbons (Fsp3) is 0.615. The number of ether oxygens (including phenoxy) is 1. The predicted molar refractivity (Wildman–Crippen MR) is 76.7 cm³/mol. The number of aromatic nitrogens is 1. The fourth-order valence-corrected chi connectivity index (χ4v) is 3.04. The number of piperidine rings is 1. The van der Waals surface area contributed by atoms with Gasteiger partial charge in [-0.3, -0.25) is 14.5 Å². The highest BCUT2D eigenvalue weighted by Gasteiger charge is 2.30. The summed E-state index contributed by atoms with van der Waals surface area (Å²) in [6.45, 7) is 2.81. The van der Waals surface area contributed by atoms with E-state index in [1.54, 1.807) is 0 Å². The van der Waals surface area contributed by atoms with Crippen LogP contribution < -0.4 is 5.32 Å². The van der Waals surface area contributed by atoms with Gasteiger partial charge >= 0.3 is 5.97 Å². The van der Waals surface area contributed by atoms with E-state index in [0.29, 0.717) is 5.13 Å². The highest BCUT2D eigenvalue weighted by Crippen LogP contribution is 2.19. The van der Waals surface area contributed by atoms with Crippen molar-refractivity contribution in [3.05, 3.63) is 11.1 Å². The van der Waals surface area contributed by atoms with E-state index in [1.165, 1.54) is 18.4 Å². The number of carbonyl (C=O) groups excluding carboxylic acids is 2. The van der Waals surface area contributed by atoms with Crippen LogP contribution in [0.4, 0.5) is 5.13 Å². The molecule has 1 N–H and O–H groups in total. The van der Waals surface area contributed by atoms with Gasteiger partial charge < -0.3 is 10.1 Å². The zero-order valence-electron chi connectivity index (χ0n) is 11.7. The Hall–Kier alpha value is -1.47. The summed E-state index contributed by atoms with van der Waals surface area (Å²) in [5.41, 5.74) is 0.885. The van der Waals surface area contributed by atoms with Crippen LogP contribution in [-0.4, -0.2) is 48.0 Å². The van der Waals surface area contributed by atoms with Crippen LogP contribution in [0.5, 0.6) is 0 Å². The van der Waals surface area contributed by atoms with Gasteiger partial charge in [0, 0.05) is 5.38 Å². The number of hydrogen-bond acceptors (Lipinski definition) is 6. The molecule has 1 amide bonds. The Labute approximate surface area is 122 Å². The summed E-state index contributed by atoms with van der Waals surface area (Å²) in [6.07, 6.45) is 2.73. The molecule has 0 saturated carbocycles. The number of hydrogen-bond donors (Lipinski definition) is 1. The average molecular weight is 297 g/mol. The van der Waals surface area contributed by atoms with Gasteiger partial charge in [0.2, 0.25) is 5.91 Å². The molecule has 1 aliphatic heterocycles. The lowest BCUT2D eigenvalue weighted by atomic mass is 10.0. The lowest BCUT2D eigenvalue weighted by Gasteiger charge is -2.32. The van der Waals surface area contributed by atoms with Gasteiger partial charge in [0.25, 0.3) is 0 Å². The Kier molecular flexibility index (Phi) is 5.08. The van der Waals surface area contributed by atoms with Crippen LogP contribution in [0.3, 0.4) is 0 Å². The van der Waals surface area contributed by atoms with Crippen LogP contribution in [0.25, 0.3) is 0 Å². The van der Waals surface area contributed by atoms with Gasteiger partial charge in [0.05, 0.1) is 19.3 Å². The zero-order valence-corrected chi connectivity index (χ0v) is 12.5. The molecular weight excluding hydrogens is 278 g/mol. The number of likely N-dealkylation sites (tertiary alicyclic amines) is 1. The molecule has 1 fully saturated rings. The number of anilines is 1. The predicted octanol–water partition coefficient (Wildman–Crippen LogP) is 1.42. The summed E-state index contributed by atoms with van der Waals surface area (Å²) in [4.78, 5) is 29.8. The largest absolute Gasteiger partial charge is 0.468 e. The van der Waals surface area contributed by atoms with Crippen molar-refractivity contribution >= 4 is 28.3 Å². The minimum atomic E-state index is -0.308. The van der Waals surface area contributed by atoms with Crippen LogP contribution in [0.2, 0.25) is 0 Å². The first-order valence-electron chi connectivity index (χ1n) is 6.64. The SMILES string of the molecule is COC(=O)[C@@H]1CCCCN1CC(=O)Nc1nc(C)cs1. The highest BCUT2D eigenvalue weighted by atomic mass is 32.1. The molecule has 7 heteroatoms. The van der Waals surface area contributed by atoms with Crippen LogP contribution in [0.1, 0.15) is 25.0 Å². The van der Waals surface area contributed by atoms with E-state index in [-0.39, 0.29) is 24.5 Å². The standard InChI is InChI=1S/C13H19N3O3S/c1-9-8-20-13(14-9)15-11(17)7-16-6-4-3-5-10(16)12(18)19-2/h8,10H,3-7H2,1-2H3,(H,14,15,17)/t10-/m0/s1. The second-order valence-corrected chi connectivity index (χ2v) is 5.71. The van der Waals surface area contributed by atoms with Crippen molar-refractivity contribution < 1.29 is 14.3 Å². The Bertz CT molecular complexity index is 489. The molecule has 1 aromatic heterocycles. The summed E-state index contributed by atoms with van der Waals surface area (Å²) in [5.74, 6) is -0.405. The van der Waals surface area contributed by atoms with Crippen LogP contribution >= 0.6 is 11.3 Å². The summed E-state index contributed by atoms with van der Waals surface area (Å²) < 4.78 is 4.80. The number of nitrogens with zero attached hydrogens (tertiary/aromatic N) is 2. The number of amides is 1. The monoisotopic (exact) mass is 297 g/mol. The van der Waals surface area contributed by atoms with E-state index in [2.05, 4.69) is 10.3 Å². The molecule has 1 saturated heterocycles. The number of rotatable bonds is 4. The van der Waals surface area contributed by atoms with Gasteiger partial charge in [-0.2, -0.15) is 0 Å². The van der Waals surface area contributed by atoms with Crippen molar-refractivity contribution in [2.45, 2.75) is 32.2 Å². The molecule has 6 nitrogen and oxygen atoms in total. The minimum Gasteiger partial charge on any atom is -0.468 e. The summed E-state index contributed by atoms with van der Waals surface area (Å²) in [5, 5.41) is 5.24. The molecule has 0 spiro atoms. The summed E-state index contributed by atoms with van der Waals surface area (Å²) in [6, 6.07) is -0.308. The molecule has 20 heavy (non-hydrogen) atoms. The molecule has 1 atom stereocenters. The van der Waals surface area contributed by atoms with Crippen molar-refractivity contribution in [2.75, 3.05) is 25.5 Å². The molecule has 0 bridgehead atoms. The molecular formula is C13H19N3O3S. The van der Waals surface area contributed by atoms with E-state index in [4.69, 9.17) is 4.74 Å². The van der Waals surface area contributed by atoms with Gasteiger partial charge in [0.1, 0.15) is 6.04 Å². The van der Waals surface area contributed by atoms with Gasteiger partial charge in [-0.15, -0.1) is 11.3 Å². The van der Waals surface area contributed by atoms with E-state index < -0.39 is 0 Å². The first-order valence-corrected chi connectivity index (χ1v) is 7.52. The Morgan fingerprint density at radius 2 is 2.35 bits per heavy atom. The lowest BCUT2D eigenvalue weighted by Crippen LogP contribution is -2.48. The average Bonchev–Trinajstić information content (AvgIpc) is 2.83. The zero-order chi connectivity index (χ0) is 14.5. The maximum Gasteiger partial charge on any atom is 0.323 e. The van der Waals surface area contributed by atoms with E-state index in [1.807, 2.05) is 17.2 Å². The van der Waals surface area contributed by atoms with Crippen LogP contribution in [-0.2, 0) is 14.3 Å². The first-order chi connectivity index (χ1) is 9.60. The van der Waals surface area contributed by atoms with Crippen molar-refractivity contribution in [3.63, 3.8) is 0 Å². The quantitative estimate of drug-likeness (QED) is 0.851. The topological polar surface area (TPSA) is 71.5 Å². The third kappa shape index (κ3) is 3.77. The second kappa shape index (κ2) is 6.81. The van der Waals surface area contributed by atoms with Crippen molar-refractivity contribution in [1.29, 1.82) is 0 Å². The Balaban J connectivity index is 1.92. The lowest BCUT2D eigenvalue weighted by molar-refractivity contribution is -0.148. The number of esters is 1. The molecule has 110 valence electrons. The number of carbonyl (C=O) groups is 2. The maximum atomic E-state index is 12.0. The van der Waals surface area contributed by atoms with E-state index in [9.17, 15) is 9.59 Å². The fourth-order valence-electron chi connectivity index (χ4n) is 2.34. The van der Waals surface area contributed by atoms with Crippen molar-refractivity contribution in [2.24, 2.45) is 0 Å². The molecule has 2 heterocycles. The molecule has 0 aromatic carbocycles. The minimum absolute atomic E-state index is 0.143. The molecule has 0 aliphatic carbocycles. The molecule has 0 unspecified atom stereocenters. The van der Waals surface area contributed by atoms with Crippen molar-refractivity contribution in [1.82, 2.24) is 9.88 Å². The maximum absolute atomic E-state index is 12.0. The number of nitrogens with one attached hydrogen (secondary N) is 1. The van der Waals surface area contributed by atoms with Crippen molar-refractivity contribution in [3.8, 4) is 0 Å². The van der Waals surface area contributed by atoms with Crippen LogP contribution in [0, 0.1) is 6.92 Å².